The van der Waals surface area contributed by atoms with Crippen LogP contribution in [0.3, 0.4) is 0 Å². The average Bonchev–Trinajstić information content (AvgIpc) is 2.48. The molecule has 0 aliphatic carbocycles. The minimum absolute atomic E-state index is 0.782. The molecule has 1 fully saturated rings. The Kier molecular flexibility index (Phi) is 4.35. The van der Waals surface area contributed by atoms with E-state index in [1.165, 1.54) is 11.4 Å². The molecular weight excluding hydrogens is 396 g/mol. The molecule has 1 aliphatic heterocycles. The maximum Gasteiger partial charge on any atom is 0.0592 e. The third-order valence-corrected chi connectivity index (χ3v) is 4.93. The van der Waals surface area contributed by atoms with E-state index in [4.69, 9.17) is 5.73 Å². The average molecular weight is 412 g/mol. The predicted molar refractivity (Wildman–Crippen MR) is 94.9 cm³/mol. The number of anilines is 3. The third kappa shape index (κ3) is 3.16. The van der Waals surface area contributed by atoms with E-state index in [2.05, 4.69) is 58.8 Å². The number of nitrogens with zero attached hydrogens (tertiary/aromatic N) is 3. The van der Waals surface area contributed by atoms with Crippen LogP contribution >= 0.6 is 31.9 Å². The molecule has 0 amide bonds. The van der Waals surface area contributed by atoms with Crippen molar-refractivity contribution in [3.05, 3.63) is 45.6 Å². The van der Waals surface area contributed by atoms with E-state index in [9.17, 15) is 0 Å². The summed E-state index contributed by atoms with van der Waals surface area (Å²) in [6.07, 6.45) is 3.68. The van der Waals surface area contributed by atoms with Crippen molar-refractivity contribution in [3.63, 3.8) is 0 Å². The minimum Gasteiger partial charge on any atom is -0.399 e. The highest BCUT2D eigenvalue weighted by molar-refractivity contribution is 9.11. The van der Waals surface area contributed by atoms with Gasteiger partial charge in [-0.3, -0.25) is 4.98 Å². The fourth-order valence-corrected chi connectivity index (χ4v) is 3.74. The van der Waals surface area contributed by atoms with Crippen molar-refractivity contribution in [2.75, 3.05) is 41.7 Å². The van der Waals surface area contributed by atoms with Crippen molar-refractivity contribution in [1.29, 1.82) is 0 Å². The van der Waals surface area contributed by atoms with Gasteiger partial charge in [0.25, 0.3) is 0 Å². The van der Waals surface area contributed by atoms with E-state index in [0.717, 1.165) is 40.8 Å². The third-order valence-electron chi connectivity index (χ3n) is 3.68. The Labute approximate surface area is 141 Å². The van der Waals surface area contributed by atoms with Crippen molar-refractivity contribution >= 4 is 48.9 Å². The van der Waals surface area contributed by atoms with E-state index >= 15 is 0 Å². The molecule has 0 spiro atoms. The van der Waals surface area contributed by atoms with Crippen LogP contribution in [0.2, 0.25) is 0 Å². The van der Waals surface area contributed by atoms with Crippen LogP contribution in [0.1, 0.15) is 0 Å². The standard InChI is InChI=1S/C15H16Br2N4/c16-12-9-11(18)1-2-14(12)20-5-7-21(8-6-20)15-3-4-19-10-13(15)17/h1-4,9-10H,5-8,18H2. The first-order valence-electron chi connectivity index (χ1n) is 6.79. The Morgan fingerprint density at radius 3 is 2.10 bits per heavy atom. The topological polar surface area (TPSA) is 45.4 Å². The maximum atomic E-state index is 5.80. The number of hydrogen-bond acceptors (Lipinski definition) is 4. The van der Waals surface area contributed by atoms with Gasteiger partial charge in [0.2, 0.25) is 0 Å². The lowest BCUT2D eigenvalue weighted by atomic mass is 10.2. The van der Waals surface area contributed by atoms with Gasteiger partial charge in [-0.1, -0.05) is 0 Å². The second kappa shape index (κ2) is 6.23. The Morgan fingerprint density at radius 1 is 0.905 bits per heavy atom. The number of nitrogen functional groups attached to an aromatic ring is 1. The molecule has 0 saturated carbocycles. The molecule has 2 heterocycles. The molecule has 1 aromatic carbocycles. The Hall–Kier alpha value is -1.27. The van der Waals surface area contributed by atoms with Crippen LogP contribution in [0.15, 0.2) is 45.6 Å². The maximum absolute atomic E-state index is 5.80. The number of piperazine rings is 1. The van der Waals surface area contributed by atoms with Crippen LogP contribution in [0.4, 0.5) is 17.1 Å². The molecule has 21 heavy (non-hydrogen) atoms. The largest absolute Gasteiger partial charge is 0.399 e. The summed E-state index contributed by atoms with van der Waals surface area (Å²) in [7, 11) is 0. The van der Waals surface area contributed by atoms with E-state index in [1.54, 1.807) is 0 Å². The Balaban J connectivity index is 1.72. The highest BCUT2D eigenvalue weighted by Crippen LogP contribution is 2.31. The fraction of sp³-hybridized carbons (Fsp3) is 0.267. The van der Waals surface area contributed by atoms with Gasteiger partial charge in [0.1, 0.15) is 0 Å². The molecule has 110 valence electrons. The van der Waals surface area contributed by atoms with Crippen molar-refractivity contribution in [3.8, 4) is 0 Å². The van der Waals surface area contributed by atoms with E-state index in [-0.39, 0.29) is 0 Å². The van der Waals surface area contributed by atoms with Crippen LogP contribution in [0.25, 0.3) is 0 Å². The van der Waals surface area contributed by atoms with Crippen molar-refractivity contribution in [1.82, 2.24) is 4.98 Å². The first kappa shape index (κ1) is 14.7. The SMILES string of the molecule is Nc1ccc(N2CCN(c3ccncc3Br)CC2)c(Br)c1. The number of rotatable bonds is 2. The molecule has 2 N–H and O–H groups in total. The van der Waals surface area contributed by atoms with Crippen molar-refractivity contribution in [2.45, 2.75) is 0 Å². The second-order valence-electron chi connectivity index (χ2n) is 5.01. The lowest BCUT2D eigenvalue weighted by Crippen LogP contribution is -2.46. The quantitative estimate of drug-likeness (QED) is 0.768. The van der Waals surface area contributed by atoms with Crippen molar-refractivity contribution in [2.24, 2.45) is 0 Å². The van der Waals surface area contributed by atoms with Gasteiger partial charge in [0, 0.05) is 48.7 Å². The summed E-state index contributed by atoms with van der Waals surface area (Å²) in [5.74, 6) is 0. The molecular formula is C15H16Br2N4. The fourth-order valence-electron chi connectivity index (χ4n) is 2.59. The molecule has 3 rings (SSSR count). The highest BCUT2D eigenvalue weighted by Gasteiger charge is 2.20. The second-order valence-corrected chi connectivity index (χ2v) is 6.72. The Morgan fingerprint density at radius 2 is 1.52 bits per heavy atom. The molecule has 1 saturated heterocycles. The predicted octanol–water partition coefficient (Wildman–Crippen LogP) is 3.52. The summed E-state index contributed by atoms with van der Waals surface area (Å²) in [6, 6.07) is 8.05. The van der Waals surface area contributed by atoms with Gasteiger partial charge >= 0.3 is 0 Å². The lowest BCUT2D eigenvalue weighted by Gasteiger charge is -2.38. The zero-order valence-electron chi connectivity index (χ0n) is 11.5. The minimum atomic E-state index is 0.782. The number of nitrogens with two attached hydrogens (primary N) is 1. The summed E-state index contributed by atoms with van der Waals surface area (Å²) >= 11 is 7.18. The highest BCUT2D eigenvalue weighted by atomic mass is 79.9. The number of hydrogen-bond donors (Lipinski definition) is 1. The van der Waals surface area contributed by atoms with Crippen LogP contribution in [0, 0.1) is 0 Å². The molecule has 0 radical (unpaired) electrons. The summed E-state index contributed by atoms with van der Waals surface area (Å²) in [4.78, 5) is 8.89. The Bertz CT molecular complexity index is 639. The number of benzene rings is 1. The first-order chi connectivity index (χ1) is 10.1. The van der Waals surface area contributed by atoms with E-state index in [0.29, 0.717) is 0 Å². The van der Waals surface area contributed by atoms with Gasteiger partial charge < -0.3 is 15.5 Å². The van der Waals surface area contributed by atoms with Gasteiger partial charge in [-0.25, -0.2) is 0 Å². The van der Waals surface area contributed by atoms with Crippen molar-refractivity contribution < 1.29 is 0 Å². The van der Waals surface area contributed by atoms with Crippen LogP contribution in [0.5, 0.6) is 0 Å². The summed E-state index contributed by atoms with van der Waals surface area (Å²) < 4.78 is 2.10. The molecule has 4 nitrogen and oxygen atoms in total. The molecule has 0 bridgehead atoms. The number of aromatic nitrogens is 1. The smallest absolute Gasteiger partial charge is 0.0592 e. The number of pyridine rings is 1. The van der Waals surface area contributed by atoms with Crippen LogP contribution in [-0.2, 0) is 0 Å². The lowest BCUT2D eigenvalue weighted by molar-refractivity contribution is 0.651. The first-order valence-corrected chi connectivity index (χ1v) is 8.38. The van der Waals surface area contributed by atoms with Gasteiger partial charge in [-0.15, -0.1) is 0 Å². The molecule has 2 aromatic rings. The van der Waals surface area contributed by atoms with E-state index < -0.39 is 0 Å². The van der Waals surface area contributed by atoms with Gasteiger partial charge in [-0.2, -0.15) is 0 Å². The van der Waals surface area contributed by atoms with Gasteiger partial charge in [-0.05, 0) is 56.1 Å². The van der Waals surface area contributed by atoms with Gasteiger partial charge in [0.05, 0.1) is 15.8 Å². The van der Waals surface area contributed by atoms with Gasteiger partial charge in [0.15, 0.2) is 0 Å². The summed E-state index contributed by atoms with van der Waals surface area (Å²) in [5, 5.41) is 0. The monoisotopic (exact) mass is 410 g/mol. The van der Waals surface area contributed by atoms with E-state index in [1.807, 2.05) is 24.5 Å². The molecule has 0 unspecified atom stereocenters. The zero-order chi connectivity index (χ0) is 14.8. The van der Waals surface area contributed by atoms with Crippen LogP contribution < -0.4 is 15.5 Å². The normalized spacial score (nSPS) is 15.3. The summed E-state index contributed by atoms with van der Waals surface area (Å²) in [6.45, 7) is 3.94. The molecule has 0 atom stereocenters. The number of halogens is 2. The molecule has 1 aromatic heterocycles. The molecule has 6 heteroatoms. The molecule has 1 aliphatic rings. The summed E-state index contributed by atoms with van der Waals surface area (Å²) in [5.41, 5.74) is 9.00. The van der Waals surface area contributed by atoms with Crippen LogP contribution in [-0.4, -0.2) is 31.2 Å². The zero-order valence-corrected chi connectivity index (χ0v) is 14.6.